The van der Waals surface area contributed by atoms with Crippen LogP contribution in [0.15, 0.2) is 65.6 Å². The smallest absolute Gasteiger partial charge is 0.263 e. The summed E-state index contributed by atoms with van der Waals surface area (Å²) in [7, 11) is 0.248. The van der Waals surface area contributed by atoms with Crippen molar-refractivity contribution in [2.75, 3.05) is 30.7 Å². The number of carbonyl (C=O) groups excluding carboxylic acids is 1. The van der Waals surface area contributed by atoms with Gasteiger partial charge in [-0.1, -0.05) is 30.3 Å². The first kappa shape index (κ1) is 23.6. The number of nitrogens with two attached hydrogens (primary N) is 1. The number of carbonyl (C=O) groups is 1. The molecule has 0 atom stereocenters. The van der Waals surface area contributed by atoms with E-state index >= 15 is 0 Å². The Hall–Kier alpha value is -3.56. The van der Waals surface area contributed by atoms with E-state index in [1.165, 1.54) is 11.6 Å². The minimum Gasteiger partial charge on any atom is -0.507 e. The fraction of sp³-hybridized carbons (Fsp3) is 0.240. The Bertz CT molecular complexity index is 1350. The lowest BCUT2D eigenvalue weighted by Gasteiger charge is -2.30. The molecule has 0 aromatic heterocycles. The molecule has 1 aliphatic heterocycles. The minimum atomic E-state index is -4.11. The zero-order chi connectivity index (χ0) is 24.5. The van der Waals surface area contributed by atoms with Crippen molar-refractivity contribution in [2.24, 2.45) is 5.73 Å². The molecule has 0 saturated carbocycles. The number of sulfonamides is 1. The molecule has 9 heteroatoms. The van der Waals surface area contributed by atoms with Gasteiger partial charge in [0, 0.05) is 30.3 Å². The zero-order valence-electron chi connectivity index (χ0n) is 19.2. The van der Waals surface area contributed by atoms with Crippen molar-refractivity contribution in [3.05, 3.63) is 82.9 Å². The summed E-state index contributed by atoms with van der Waals surface area (Å²) in [6.07, 6.45) is 0.778. The third-order valence-corrected chi connectivity index (χ3v) is 7.34. The van der Waals surface area contributed by atoms with Crippen LogP contribution < -0.4 is 15.8 Å². The number of benzene rings is 3. The Labute approximate surface area is 199 Å². The van der Waals surface area contributed by atoms with E-state index in [4.69, 9.17) is 5.73 Å². The van der Waals surface area contributed by atoms with Crippen molar-refractivity contribution in [3.63, 3.8) is 0 Å². The number of nitrogens with zero attached hydrogens (tertiary/aromatic N) is 1. The molecule has 3 aromatic rings. The van der Waals surface area contributed by atoms with Gasteiger partial charge in [-0.05, 0) is 35.4 Å². The average Bonchev–Trinajstić information content (AvgIpc) is 2.75. The highest BCUT2D eigenvalue weighted by molar-refractivity contribution is 7.92. The van der Waals surface area contributed by atoms with Crippen LogP contribution in [-0.4, -0.2) is 44.6 Å². The third-order valence-electron chi connectivity index (χ3n) is 5.92. The number of nitrogens with one attached hydrogen (secondary N) is 2. The van der Waals surface area contributed by atoms with Crippen molar-refractivity contribution in [1.82, 2.24) is 0 Å². The lowest BCUT2D eigenvalue weighted by molar-refractivity contribution is -0.903. The summed E-state index contributed by atoms with van der Waals surface area (Å²) in [6.45, 7) is 2.05. The Kier molecular flexibility index (Phi) is 6.24. The van der Waals surface area contributed by atoms with E-state index in [0.29, 0.717) is 12.2 Å². The van der Waals surface area contributed by atoms with Crippen LogP contribution in [0.5, 0.6) is 5.75 Å². The van der Waals surface area contributed by atoms with Gasteiger partial charge < -0.3 is 20.6 Å². The van der Waals surface area contributed by atoms with E-state index in [9.17, 15) is 18.3 Å². The van der Waals surface area contributed by atoms with E-state index < -0.39 is 21.7 Å². The highest BCUT2D eigenvalue weighted by atomic mass is 32.2. The fourth-order valence-corrected chi connectivity index (χ4v) is 5.41. The molecule has 1 amide bonds. The molecular formula is C25H29N4O4S+. The number of hydrogen-bond donors (Lipinski definition) is 4. The molecule has 0 spiro atoms. The molecule has 0 fully saturated rings. The lowest BCUT2D eigenvalue weighted by atomic mass is 10.1. The molecule has 1 aliphatic rings. The predicted molar refractivity (Wildman–Crippen MR) is 132 cm³/mol. The number of aromatic hydroxyl groups is 1. The molecule has 8 nitrogen and oxygen atoms in total. The van der Waals surface area contributed by atoms with Gasteiger partial charge in [0.2, 0.25) is 0 Å². The van der Waals surface area contributed by atoms with Crippen LogP contribution in [0.1, 0.15) is 27.0 Å². The van der Waals surface area contributed by atoms with Crippen LogP contribution >= 0.6 is 0 Å². The van der Waals surface area contributed by atoms with Gasteiger partial charge in [0.15, 0.2) is 0 Å². The van der Waals surface area contributed by atoms with Crippen molar-refractivity contribution in [1.29, 1.82) is 0 Å². The first-order valence-electron chi connectivity index (χ1n) is 10.9. The van der Waals surface area contributed by atoms with Gasteiger partial charge in [0.25, 0.3) is 15.9 Å². The Balaban J connectivity index is 1.84. The maximum atomic E-state index is 13.4. The minimum absolute atomic E-state index is 0.166. The van der Waals surface area contributed by atoms with Crippen LogP contribution in [0.2, 0.25) is 0 Å². The third kappa shape index (κ3) is 5.32. The van der Waals surface area contributed by atoms with Gasteiger partial charge in [0.05, 0.1) is 31.9 Å². The first-order chi connectivity index (χ1) is 16.0. The monoisotopic (exact) mass is 481 g/mol. The lowest BCUT2D eigenvalue weighted by Crippen LogP contribution is -2.40. The van der Waals surface area contributed by atoms with Crippen LogP contribution in [0.3, 0.4) is 0 Å². The summed E-state index contributed by atoms with van der Waals surface area (Å²) >= 11 is 0. The number of likely N-dealkylation sites (N-methyl/N-ethyl adjacent to an activating group) is 1. The van der Waals surface area contributed by atoms with Crippen molar-refractivity contribution >= 4 is 27.3 Å². The van der Waals surface area contributed by atoms with E-state index in [0.717, 1.165) is 41.2 Å². The number of anilines is 2. The van der Waals surface area contributed by atoms with E-state index in [2.05, 4.69) is 36.3 Å². The summed E-state index contributed by atoms with van der Waals surface area (Å²) in [6, 6.07) is 17.7. The Morgan fingerprint density at radius 1 is 1.00 bits per heavy atom. The Morgan fingerprint density at radius 2 is 1.71 bits per heavy atom. The highest BCUT2D eigenvalue weighted by Gasteiger charge is 2.24. The van der Waals surface area contributed by atoms with Crippen molar-refractivity contribution in [3.8, 4) is 5.75 Å². The van der Waals surface area contributed by atoms with E-state index in [1.807, 2.05) is 30.3 Å². The van der Waals surface area contributed by atoms with Gasteiger partial charge in [0.1, 0.15) is 17.2 Å². The zero-order valence-corrected chi connectivity index (χ0v) is 20.0. The molecule has 0 radical (unpaired) electrons. The van der Waals surface area contributed by atoms with Crippen LogP contribution in [-0.2, 0) is 29.5 Å². The first-order valence-corrected chi connectivity index (χ1v) is 12.4. The van der Waals surface area contributed by atoms with Gasteiger partial charge in [-0.2, -0.15) is 0 Å². The van der Waals surface area contributed by atoms with Gasteiger partial charge in [-0.15, -0.1) is 0 Å². The summed E-state index contributed by atoms with van der Waals surface area (Å²) in [4.78, 5) is 11.6. The normalized spacial score (nSPS) is 17.0. The molecule has 1 heterocycles. The van der Waals surface area contributed by atoms with Crippen molar-refractivity contribution in [2.45, 2.75) is 24.4 Å². The van der Waals surface area contributed by atoms with Crippen LogP contribution in [0, 0.1) is 0 Å². The molecule has 0 saturated heterocycles. The fourth-order valence-electron chi connectivity index (χ4n) is 4.17. The van der Waals surface area contributed by atoms with Crippen LogP contribution in [0.25, 0.3) is 0 Å². The largest absolute Gasteiger partial charge is 0.507 e. The molecule has 3 aromatic carbocycles. The number of hydrogen-bond acceptors (Lipinski definition) is 5. The molecule has 4 bridgehead atoms. The number of rotatable bonds is 1. The summed E-state index contributed by atoms with van der Waals surface area (Å²) in [5.74, 6) is -1.31. The topological polar surface area (TPSA) is 122 Å². The molecular weight excluding hydrogens is 452 g/mol. The van der Waals surface area contributed by atoms with Crippen LogP contribution in [0.4, 0.5) is 11.4 Å². The van der Waals surface area contributed by atoms with E-state index in [1.54, 1.807) is 6.07 Å². The second-order valence-corrected chi connectivity index (χ2v) is 10.9. The molecule has 178 valence electrons. The summed E-state index contributed by atoms with van der Waals surface area (Å²) in [5.41, 5.74) is 8.82. The van der Waals surface area contributed by atoms with E-state index in [-0.39, 0.29) is 16.1 Å². The molecule has 0 unspecified atom stereocenters. The number of phenols is 1. The average molecular weight is 482 g/mol. The maximum Gasteiger partial charge on any atom is 0.263 e. The summed E-state index contributed by atoms with van der Waals surface area (Å²) < 4.78 is 30.1. The van der Waals surface area contributed by atoms with Crippen molar-refractivity contribution < 1.29 is 22.8 Å². The quantitative estimate of drug-likeness (QED) is 0.398. The summed E-state index contributed by atoms with van der Waals surface area (Å²) in [5, 5.41) is 13.4. The number of fused-ring (bicyclic) bond motifs is 5. The standard InChI is InChI=1S/C25H28N4O4S/c1-29(2)10-9-17-5-4-8-20(12-17)28-34(32,33)24-13-21(25(26)31)23(30)14-22(24)27-15-18-6-3-7-19(11-18)16-29/h3-8,11-14,28H,9-10,15-16H2,1-2H3,(H3-,26,27,30,31)/p+1. The molecule has 34 heavy (non-hydrogen) atoms. The highest BCUT2D eigenvalue weighted by Crippen LogP contribution is 2.32. The number of quaternary nitrogens is 1. The second-order valence-electron chi connectivity index (χ2n) is 9.28. The Morgan fingerprint density at radius 3 is 2.47 bits per heavy atom. The van der Waals surface area contributed by atoms with Gasteiger partial charge in [-0.25, -0.2) is 8.42 Å². The molecule has 5 N–H and O–H groups in total. The predicted octanol–water partition coefficient (Wildman–Crippen LogP) is 3.04. The van der Waals surface area contributed by atoms with Gasteiger partial charge >= 0.3 is 0 Å². The molecule has 4 rings (SSSR count). The maximum absolute atomic E-state index is 13.4. The SMILES string of the molecule is C[N+]1(C)CCc2cccc(c2)NS(=O)(=O)c2cc(C(N)=O)c(O)cc2NCc2cccc(c2)C1. The number of primary amides is 1. The number of amides is 1. The van der Waals surface area contributed by atoms with Gasteiger partial charge in [-0.3, -0.25) is 9.52 Å². The molecule has 0 aliphatic carbocycles. The second kappa shape index (κ2) is 9.00.